The Labute approximate surface area is 159 Å². The van der Waals surface area contributed by atoms with Crippen LogP contribution in [0.4, 0.5) is 5.13 Å². The molecule has 1 aromatic carbocycles. The third kappa shape index (κ3) is 3.19. The van der Waals surface area contributed by atoms with E-state index < -0.39 is 0 Å². The van der Waals surface area contributed by atoms with Crippen LogP contribution in [0.25, 0.3) is 10.2 Å². The van der Waals surface area contributed by atoms with Crippen molar-refractivity contribution in [2.24, 2.45) is 0 Å². The second kappa shape index (κ2) is 7.08. The maximum Gasteiger partial charge on any atom is 0.244 e. The Bertz CT molecular complexity index is 920. The molecule has 3 aromatic rings. The van der Waals surface area contributed by atoms with Gasteiger partial charge in [0.2, 0.25) is 5.91 Å². The van der Waals surface area contributed by atoms with Crippen molar-refractivity contribution in [2.45, 2.75) is 6.54 Å². The summed E-state index contributed by atoms with van der Waals surface area (Å²) in [6, 6.07) is 3.65. The summed E-state index contributed by atoms with van der Waals surface area (Å²) >= 11 is 7.85. The molecule has 4 rings (SSSR count). The molecule has 0 aliphatic carbocycles. The summed E-state index contributed by atoms with van der Waals surface area (Å²) in [5.41, 5.74) is 0.782. The fourth-order valence-corrected chi connectivity index (χ4v) is 4.25. The van der Waals surface area contributed by atoms with Gasteiger partial charge in [-0.3, -0.25) is 4.79 Å². The predicted octanol–water partition coefficient (Wildman–Crippen LogP) is 1.90. The van der Waals surface area contributed by atoms with Crippen molar-refractivity contribution in [2.75, 3.05) is 38.2 Å². The molecule has 8 nitrogen and oxygen atoms in total. The van der Waals surface area contributed by atoms with Crippen LogP contribution in [0.15, 0.2) is 24.8 Å². The number of methoxy groups -OCH3 is 1. The molecular weight excluding hydrogens is 376 g/mol. The Balaban J connectivity index is 1.45. The Kier molecular flexibility index (Phi) is 4.64. The van der Waals surface area contributed by atoms with Gasteiger partial charge < -0.3 is 14.5 Å². The Hall–Kier alpha value is -2.39. The van der Waals surface area contributed by atoms with Crippen molar-refractivity contribution in [1.82, 2.24) is 24.6 Å². The number of thiazole rings is 1. The highest BCUT2D eigenvalue weighted by Gasteiger charge is 2.24. The van der Waals surface area contributed by atoms with E-state index in [2.05, 4.69) is 15.0 Å². The summed E-state index contributed by atoms with van der Waals surface area (Å²) < 4.78 is 7.84. The van der Waals surface area contributed by atoms with Crippen molar-refractivity contribution in [3.05, 3.63) is 29.8 Å². The van der Waals surface area contributed by atoms with Crippen LogP contribution >= 0.6 is 22.9 Å². The lowest BCUT2D eigenvalue weighted by atomic mass is 10.3. The van der Waals surface area contributed by atoms with Crippen molar-refractivity contribution in [1.29, 1.82) is 0 Å². The zero-order chi connectivity index (χ0) is 18.1. The first-order chi connectivity index (χ1) is 12.7. The third-order valence-electron chi connectivity index (χ3n) is 4.33. The van der Waals surface area contributed by atoms with Gasteiger partial charge in [0.05, 0.1) is 16.8 Å². The monoisotopic (exact) mass is 392 g/mol. The molecule has 2 aromatic heterocycles. The summed E-state index contributed by atoms with van der Waals surface area (Å²) in [6.45, 7) is 2.96. The summed E-state index contributed by atoms with van der Waals surface area (Å²) in [6.07, 6.45) is 2.98. The molecule has 3 heterocycles. The van der Waals surface area contributed by atoms with Crippen molar-refractivity contribution in [3.63, 3.8) is 0 Å². The van der Waals surface area contributed by atoms with Gasteiger partial charge in [-0.1, -0.05) is 22.9 Å². The van der Waals surface area contributed by atoms with Crippen LogP contribution in [-0.4, -0.2) is 63.8 Å². The lowest BCUT2D eigenvalue weighted by Gasteiger charge is -2.34. The lowest BCUT2D eigenvalue weighted by Crippen LogP contribution is -2.49. The number of aromatic nitrogens is 4. The van der Waals surface area contributed by atoms with E-state index in [1.807, 2.05) is 17.0 Å². The number of piperazine rings is 1. The largest absolute Gasteiger partial charge is 0.494 e. The number of benzene rings is 1. The molecule has 136 valence electrons. The first kappa shape index (κ1) is 17.0. The molecule has 26 heavy (non-hydrogen) atoms. The van der Waals surface area contributed by atoms with Gasteiger partial charge in [0, 0.05) is 26.2 Å². The summed E-state index contributed by atoms with van der Waals surface area (Å²) in [5, 5.41) is 5.55. The molecule has 0 spiro atoms. The number of carbonyl (C=O) groups is 1. The summed E-state index contributed by atoms with van der Waals surface area (Å²) in [7, 11) is 1.63. The molecule has 0 unspecified atom stereocenters. The van der Waals surface area contributed by atoms with E-state index in [4.69, 9.17) is 21.3 Å². The quantitative estimate of drug-likeness (QED) is 0.675. The molecule has 0 saturated carbocycles. The number of hydrogen-bond acceptors (Lipinski definition) is 7. The Morgan fingerprint density at radius 2 is 2.12 bits per heavy atom. The van der Waals surface area contributed by atoms with Gasteiger partial charge in [-0.05, 0) is 12.1 Å². The van der Waals surface area contributed by atoms with Gasteiger partial charge >= 0.3 is 0 Å². The van der Waals surface area contributed by atoms with Crippen molar-refractivity contribution < 1.29 is 9.53 Å². The van der Waals surface area contributed by atoms with Crippen LogP contribution in [0.5, 0.6) is 5.75 Å². The zero-order valence-electron chi connectivity index (χ0n) is 14.1. The highest BCUT2D eigenvalue weighted by molar-refractivity contribution is 7.22. The highest BCUT2D eigenvalue weighted by atomic mass is 35.5. The van der Waals surface area contributed by atoms with Gasteiger partial charge in [0.1, 0.15) is 30.5 Å². The van der Waals surface area contributed by atoms with Crippen molar-refractivity contribution in [3.8, 4) is 5.75 Å². The minimum absolute atomic E-state index is 0.0455. The van der Waals surface area contributed by atoms with Gasteiger partial charge in [-0.25, -0.2) is 14.6 Å². The van der Waals surface area contributed by atoms with Gasteiger partial charge in [-0.15, -0.1) is 0 Å². The smallest absolute Gasteiger partial charge is 0.244 e. The maximum atomic E-state index is 12.3. The molecule has 10 heteroatoms. The number of nitrogens with zero attached hydrogens (tertiary/aromatic N) is 6. The number of hydrogen-bond donors (Lipinski definition) is 0. The van der Waals surface area contributed by atoms with Gasteiger partial charge in [-0.2, -0.15) is 5.10 Å². The molecule has 0 radical (unpaired) electrons. The summed E-state index contributed by atoms with van der Waals surface area (Å²) in [4.78, 5) is 24.9. The topological polar surface area (TPSA) is 76.4 Å². The molecule has 1 aliphatic rings. The standard InChI is InChI=1S/C16H17ClN6O2S/c1-25-12-3-2-11(17)15-14(12)20-16(26-15)22-6-4-21(5-7-22)13(24)8-23-10-18-9-19-23/h2-3,9-10H,4-8H2,1H3. The molecule has 1 saturated heterocycles. The number of fused-ring (bicyclic) bond motifs is 1. The normalized spacial score (nSPS) is 14.8. The van der Waals surface area contributed by atoms with Crippen LogP contribution in [0.2, 0.25) is 5.02 Å². The molecule has 0 bridgehead atoms. The minimum Gasteiger partial charge on any atom is -0.494 e. The van der Waals surface area contributed by atoms with E-state index in [1.165, 1.54) is 11.0 Å². The zero-order valence-corrected chi connectivity index (χ0v) is 15.7. The fraction of sp³-hybridized carbons (Fsp3) is 0.375. The lowest BCUT2D eigenvalue weighted by molar-refractivity contribution is -0.132. The SMILES string of the molecule is COc1ccc(Cl)c2sc(N3CCN(C(=O)Cn4cncn4)CC3)nc12. The van der Waals surface area contributed by atoms with Gasteiger partial charge in [0.15, 0.2) is 5.13 Å². The second-order valence-electron chi connectivity index (χ2n) is 5.88. The molecule has 1 aliphatic heterocycles. The number of ether oxygens (including phenoxy) is 1. The second-order valence-corrected chi connectivity index (χ2v) is 7.27. The Morgan fingerprint density at radius 3 is 2.81 bits per heavy atom. The Morgan fingerprint density at radius 1 is 1.31 bits per heavy atom. The highest BCUT2D eigenvalue weighted by Crippen LogP contribution is 2.38. The molecule has 1 fully saturated rings. The molecular formula is C16H17ClN6O2S. The van der Waals surface area contributed by atoms with Crippen LogP contribution in [0.3, 0.4) is 0 Å². The number of rotatable bonds is 4. The molecule has 0 N–H and O–H groups in total. The summed E-state index contributed by atoms with van der Waals surface area (Å²) in [5.74, 6) is 0.762. The maximum absolute atomic E-state index is 12.3. The van der Waals surface area contributed by atoms with E-state index in [0.717, 1.165) is 28.4 Å². The van der Waals surface area contributed by atoms with Crippen LogP contribution in [0.1, 0.15) is 0 Å². The average molecular weight is 393 g/mol. The van der Waals surface area contributed by atoms with Crippen LogP contribution in [0, 0.1) is 0 Å². The number of halogens is 1. The number of carbonyl (C=O) groups excluding carboxylic acids is 1. The first-order valence-corrected chi connectivity index (χ1v) is 9.33. The molecule has 0 atom stereocenters. The number of amides is 1. The van der Waals surface area contributed by atoms with E-state index >= 15 is 0 Å². The molecule has 1 amide bonds. The third-order valence-corrected chi connectivity index (χ3v) is 5.91. The minimum atomic E-state index is 0.0455. The van der Waals surface area contributed by atoms with Crippen molar-refractivity contribution >= 4 is 44.2 Å². The van der Waals surface area contributed by atoms with E-state index in [1.54, 1.807) is 24.8 Å². The van der Waals surface area contributed by atoms with E-state index in [-0.39, 0.29) is 12.5 Å². The van der Waals surface area contributed by atoms with E-state index in [0.29, 0.717) is 23.9 Å². The fourth-order valence-electron chi connectivity index (χ4n) is 2.94. The first-order valence-electron chi connectivity index (χ1n) is 8.14. The van der Waals surface area contributed by atoms with E-state index in [9.17, 15) is 4.79 Å². The number of anilines is 1. The average Bonchev–Trinajstić information content (AvgIpc) is 3.32. The predicted molar refractivity (Wildman–Crippen MR) is 100.0 cm³/mol. The van der Waals surface area contributed by atoms with Gasteiger partial charge in [0.25, 0.3) is 0 Å². The van der Waals surface area contributed by atoms with Crippen LogP contribution in [-0.2, 0) is 11.3 Å². The van der Waals surface area contributed by atoms with Crippen LogP contribution < -0.4 is 9.64 Å².